The molecule has 1 aromatic heterocycles. The first-order valence-corrected chi connectivity index (χ1v) is 5.22. The van der Waals surface area contributed by atoms with Crippen LogP contribution in [0.4, 0.5) is 0 Å². The first-order valence-electron chi connectivity index (χ1n) is 4.10. The van der Waals surface area contributed by atoms with Crippen LogP contribution in [0.2, 0.25) is 0 Å². The average molecular weight is 246 g/mol. The van der Waals surface area contributed by atoms with E-state index >= 15 is 0 Å². The quantitative estimate of drug-likeness (QED) is 0.825. The lowest BCUT2D eigenvalue weighted by atomic mass is 10.4. The average Bonchev–Trinajstić information content (AvgIpc) is 2.49. The van der Waals surface area contributed by atoms with Gasteiger partial charge >= 0.3 is 0 Å². The maximum atomic E-state index is 11.0. The van der Waals surface area contributed by atoms with Gasteiger partial charge in [0.15, 0.2) is 0 Å². The van der Waals surface area contributed by atoms with Gasteiger partial charge in [0.1, 0.15) is 11.5 Å². The Labute approximate surface area is 85.6 Å². The molecule has 4 heteroatoms. The fourth-order valence-electron chi connectivity index (χ4n) is 0.940. The van der Waals surface area contributed by atoms with Gasteiger partial charge in [0.05, 0.1) is 6.54 Å². The molecular formula is C9H12BrNO2. The minimum absolute atomic E-state index is 0.0333. The Kier molecular flexibility index (Phi) is 4.02. The Bertz CT molecular complexity index is 283. The predicted molar refractivity (Wildman–Crippen MR) is 53.7 cm³/mol. The number of carbonyl (C=O) groups is 1. The second-order valence-electron chi connectivity index (χ2n) is 2.73. The van der Waals surface area contributed by atoms with Crippen molar-refractivity contribution in [2.45, 2.75) is 19.9 Å². The van der Waals surface area contributed by atoms with Gasteiger partial charge in [-0.3, -0.25) is 4.79 Å². The van der Waals surface area contributed by atoms with Crippen LogP contribution in [0.5, 0.6) is 0 Å². The molecule has 1 N–H and O–H groups in total. The Morgan fingerprint density at radius 2 is 2.38 bits per heavy atom. The molecule has 0 atom stereocenters. The van der Waals surface area contributed by atoms with Crippen molar-refractivity contribution in [3.63, 3.8) is 0 Å². The van der Waals surface area contributed by atoms with Gasteiger partial charge in [0.25, 0.3) is 0 Å². The van der Waals surface area contributed by atoms with E-state index in [1.54, 1.807) is 0 Å². The molecule has 0 saturated heterocycles. The predicted octanol–water partition coefficient (Wildman–Crippen LogP) is 1.99. The summed E-state index contributed by atoms with van der Waals surface area (Å²) in [5.41, 5.74) is 0. The third-order valence-corrected chi connectivity index (χ3v) is 1.97. The number of rotatable bonds is 4. The maximum Gasteiger partial charge on any atom is 0.221 e. The highest BCUT2D eigenvalue weighted by Crippen LogP contribution is 2.05. The largest absolute Gasteiger partial charge is 0.465 e. The van der Waals surface area contributed by atoms with E-state index in [0.717, 1.165) is 11.5 Å². The van der Waals surface area contributed by atoms with Crippen LogP contribution in [0.1, 0.15) is 17.9 Å². The van der Waals surface area contributed by atoms with E-state index in [2.05, 4.69) is 21.2 Å². The number of aryl methyl sites for hydroxylation is 1. The van der Waals surface area contributed by atoms with Gasteiger partial charge in [-0.2, -0.15) is 0 Å². The minimum Gasteiger partial charge on any atom is -0.465 e. The van der Waals surface area contributed by atoms with Crippen LogP contribution in [-0.2, 0) is 11.3 Å². The molecule has 0 aliphatic rings. The molecule has 1 aromatic rings. The van der Waals surface area contributed by atoms with Gasteiger partial charge in [-0.15, -0.1) is 0 Å². The van der Waals surface area contributed by atoms with Crippen molar-refractivity contribution in [2.24, 2.45) is 0 Å². The number of furan rings is 1. The number of nitrogens with one attached hydrogen (secondary N) is 1. The van der Waals surface area contributed by atoms with Crippen molar-refractivity contribution in [3.8, 4) is 0 Å². The number of halogens is 1. The summed E-state index contributed by atoms with van der Waals surface area (Å²) in [6.07, 6.45) is 0.500. The highest BCUT2D eigenvalue weighted by molar-refractivity contribution is 9.09. The summed E-state index contributed by atoms with van der Waals surface area (Å²) < 4.78 is 5.29. The smallest absolute Gasteiger partial charge is 0.221 e. The third-order valence-electron chi connectivity index (χ3n) is 1.58. The van der Waals surface area contributed by atoms with Gasteiger partial charge in [-0.1, -0.05) is 15.9 Å². The fourth-order valence-corrected chi connectivity index (χ4v) is 1.30. The first-order chi connectivity index (χ1) is 6.22. The molecule has 0 radical (unpaired) electrons. The molecule has 72 valence electrons. The van der Waals surface area contributed by atoms with Crippen molar-refractivity contribution in [3.05, 3.63) is 23.7 Å². The zero-order valence-electron chi connectivity index (χ0n) is 7.47. The molecule has 0 aromatic carbocycles. The Morgan fingerprint density at radius 3 is 2.92 bits per heavy atom. The maximum absolute atomic E-state index is 11.0. The van der Waals surface area contributed by atoms with E-state index in [-0.39, 0.29) is 5.91 Å². The Hall–Kier alpha value is -0.770. The monoisotopic (exact) mass is 245 g/mol. The normalized spacial score (nSPS) is 10.0. The van der Waals surface area contributed by atoms with E-state index in [4.69, 9.17) is 4.42 Å². The molecular weight excluding hydrogens is 234 g/mol. The van der Waals surface area contributed by atoms with Crippen LogP contribution >= 0.6 is 15.9 Å². The van der Waals surface area contributed by atoms with Crippen LogP contribution in [0.15, 0.2) is 16.5 Å². The lowest BCUT2D eigenvalue weighted by Gasteiger charge is -2.00. The van der Waals surface area contributed by atoms with Crippen molar-refractivity contribution >= 4 is 21.8 Å². The zero-order chi connectivity index (χ0) is 9.68. The zero-order valence-corrected chi connectivity index (χ0v) is 9.06. The lowest BCUT2D eigenvalue weighted by molar-refractivity contribution is -0.120. The van der Waals surface area contributed by atoms with E-state index < -0.39 is 0 Å². The molecule has 1 heterocycles. The van der Waals surface area contributed by atoms with Gasteiger partial charge in [-0.05, 0) is 19.1 Å². The first kappa shape index (κ1) is 10.3. The molecule has 0 bridgehead atoms. The molecule has 0 fully saturated rings. The van der Waals surface area contributed by atoms with E-state index in [0.29, 0.717) is 18.3 Å². The van der Waals surface area contributed by atoms with Crippen LogP contribution < -0.4 is 5.32 Å². The summed E-state index contributed by atoms with van der Waals surface area (Å²) in [5.74, 6) is 1.69. The number of amides is 1. The lowest BCUT2D eigenvalue weighted by Crippen LogP contribution is -2.22. The Balaban J connectivity index is 2.30. The molecule has 13 heavy (non-hydrogen) atoms. The van der Waals surface area contributed by atoms with E-state index in [9.17, 15) is 4.79 Å². The second-order valence-corrected chi connectivity index (χ2v) is 3.52. The number of hydrogen-bond acceptors (Lipinski definition) is 2. The standard InChI is InChI=1S/C9H12BrNO2/c1-7-2-3-8(13-7)6-11-9(12)4-5-10/h2-3H,4-6H2,1H3,(H,11,12). The van der Waals surface area contributed by atoms with Crippen molar-refractivity contribution < 1.29 is 9.21 Å². The van der Waals surface area contributed by atoms with Gasteiger partial charge in [0, 0.05) is 11.8 Å². The fraction of sp³-hybridized carbons (Fsp3) is 0.444. The highest BCUT2D eigenvalue weighted by atomic mass is 79.9. The molecule has 0 aliphatic heterocycles. The third kappa shape index (κ3) is 3.63. The van der Waals surface area contributed by atoms with Crippen molar-refractivity contribution in [1.29, 1.82) is 0 Å². The highest BCUT2D eigenvalue weighted by Gasteiger charge is 2.01. The van der Waals surface area contributed by atoms with Crippen LogP contribution in [-0.4, -0.2) is 11.2 Å². The summed E-state index contributed by atoms with van der Waals surface area (Å²) in [5, 5.41) is 3.44. The number of alkyl halides is 1. The minimum atomic E-state index is 0.0333. The molecule has 1 rings (SSSR count). The van der Waals surface area contributed by atoms with Crippen molar-refractivity contribution in [2.75, 3.05) is 5.33 Å². The number of carbonyl (C=O) groups excluding carboxylic acids is 1. The van der Waals surface area contributed by atoms with Crippen molar-refractivity contribution in [1.82, 2.24) is 5.32 Å². The van der Waals surface area contributed by atoms with Crippen LogP contribution in [0.3, 0.4) is 0 Å². The molecule has 0 spiro atoms. The van der Waals surface area contributed by atoms with Gasteiger partial charge < -0.3 is 9.73 Å². The topological polar surface area (TPSA) is 42.2 Å². The Morgan fingerprint density at radius 1 is 1.62 bits per heavy atom. The molecule has 1 amide bonds. The summed E-state index contributed by atoms with van der Waals surface area (Å²) in [6.45, 7) is 2.35. The van der Waals surface area contributed by atoms with Crippen LogP contribution in [0, 0.1) is 6.92 Å². The summed E-state index contributed by atoms with van der Waals surface area (Å²) >= 11 is 3.20. The van der Waals surface area contributed by atoms with E-state index in [1.807, 2.05) is 19.1 Å². The molecule has 0 unspecified atom stereocenters. The molecule has 0 saturated carbocycles. The summed E-state index contributed by atoms with van der Waals surface area (Å²) in [6, 6.07) is 3.75. The summed E-state index contributed by atoms with van der Waals surface area (Å²) in [4.78, 5) is 11.0. The molecule has 3 nitrogen and oxygen atoms in total. The SMILES string of the molecule is Cc1ccc(CNC(=O)CCBr)o1. The van der Waals surface area contributed by atoms with Crippen LogP contribution in [0.25, 0.3) is 0 Å². The van der Waals surface area contributed by atoms with Gasteiger partial charge in [-0.25, -0.2) is 0 Å². The molecule has 0 aliphatic carbocycles. The second kappa shape index (κ2) is 5.07. The van der Waals surface area contributed by atoms with E-state index in [1.165, 1.54) is 0 Å². The number of hydrogen-bond donors (Lipinski definition) is 1. The summed E-state index contributed by atoms with van der Waals surface area (Å²) in [7, 11) is 0. The van der Waals surface area contributed by atoms with Gasteiger partial charge in [0.2, 0.25) is 5.91 Å².